The van der Waals surface area contributed by atoms with E-state index in [0.29, 0.717) is 11.8 Å². The largest absolute Gasteiger partial charge is 0.317 e. The molecule has 0 radical (unpaired) electrons. The van der Waals surface area contributed by atoms with Crippen LogP contribution in [0.2, 0.25) is 0 Å². The lowest BCUT2D eigenvalue weighted by molar-refractivity contribution is 0.147. The van der Waals surface area contributed by atoms with Crippen molar-refractivity contribution in [2.45, 2.75) is 33.6 Å². The van der Waals surface area contributed by atoms with Crippen LogP contribution in [-0.4, -0.2) is 13.1 Å². The van der Waals surface area contributed by atoms with Gasteiger partial charge in [-0.25, -0.2) is 0 Å². The van der Waals surface area contributed by atoms with E-state index in [1.165, 1.54) is 0 Å². The summed E-state index contributed by atoms with van der Waals surface area (Å²) in [4.78, 5) is 0. The minimum Gasteiger partial charge on any atom is -0.317 e. The molecule has 1 saturated heterocycles. The van der Waals surface area contributed by atoms with E-state index in [2.05, 4.69) is 32.2 Å². The maximum atomic E-state index is 9.28. The first-order chi connectivity index (χ1) is 6.12. The molecule has 1 unspecified atom stereocenters. The molecule has 1 rings (SSSR count). The van der Waals surface area contributed by atoms with Gasteiger partial charge in [0.2, 0.25) is 0 Å². The van der Waals surface area contributed by atoms with E-state index >= 15 is 0 Å². The smallest absolute Gasteiger partial charge is 0.0693 e. The van der Waals surface area contributed by atoms with E-state index in [9.17, 15) is 5.26 Å². The Hall–Kier alpha value is -0.550. The fourth-order valence-electron chi connectivity index (χ4n) is 2.18. The predicted molar refractivity (Wildman–Crippen MR) is 54.2 cm³/mol. The van der Waals surface area contributed by atoms with Crippen LogP contribution in [0.25, 0.3) is 0 Å². The third-order valence-corrected chi connectivity index (χ3v) is 3.59. The van der Waals surface area contributed by atoms with Gasteiger partial charge >= 0.3 is 0 Å². The summed E-state index contributed by atoms with van der Waals surface area (Å²) >= 11 is 0. The lowest BCUT2D eigenvalue weighted by atomic mass is 9.67. The Morgan fingerprint density at radius 1 is 1.23 bits per heavy atom. The van der Waals surface area contributed by atoms with Crippen LogP contribution in [0.5, 0.6) is 0 Å². The summed E-state index contributed by atoms with van der Waals surface area (Å²) in [5.41, 5.74) is -0.0561. The van der Waals surface area contributed by atoms with E-state index in [4.69, 9.17) is 0 Å². The van der Waals surface area contributed by atoms with Crippen molar-refractivity contribution in [2.24, 2.45) is 17.3 Å². The summed E-state index contributed by atoms with van der Waals surface area (Å²) < 4.78 is 0. The second-order valence-corrected chi connectivity index (χ2v) is 4.55. The molecule has 13 heavy (non-hydrogen) atoms. The summed E-state index contributed by atoms with van der Waals surface area (Å²) in [7, 11) is 0. The number of hydrogen-bond acceptors (Lipinski definition) is 2. The number of nitrogens with one attached hydrogen (secondary N) is 1. The highest BCUT2D eigenvalue weighted by atomic mass is 14.9. The first-order valence-electron chi connectivity index (χ1n) is 5.24. The Morgan fingerprint density at radius 2 is 1.77 bits per heavy atom. The van der Waals surface area contributed by atoms with E-state index in [0.717, 1.165) is 25.9 Å². The Balaban J connectivity index is 2.74. The highest BCUT2D eigenvalue weighted by Gasteiger charge is 2.38. The minimum atomic E-state index is -0.0561. The zero-order chi connectivity index (χ0) is 9.90. The maximum Gasteiger partial charge on any atom is 0.0693 e. The number of piperidine rings is 1. The van der Waals surface area contributed by atoms with Crippen LogP contribution < -0.4 is 5.32 Å². The van der Waals surface area contributed by atoms with Gasteiger partial charge < -0.3 is 5.32 Å². The van der Waals surface area contributed by atoms with Gasteiger partial charge in [-0.1, -0.05) is 20.8 Å². The molecule has 0 amide bonds. The molecule has 0 aromatic heterocycles. The predicted octanol–water partition coefficient (Wildman–Crippen LogP) is 2.17. The van der Waals surface area contributed by atoms with E-state index in [1.54, 1.807) is 0 Å². The van der Waals surface area contributed by atoms with Crippen LogP contribution in [0.3, 0.4) is 0 Å². The molecule has 1 aliphatic rings. The molecule has 2 nitrogen and oxygen atoms in total. The van der Waals surface area contributed by atoms with Gasteiger partial charge in [-0.3, -0.25) is 0 Å². The molecule has 0 aromatic rings. The monoisotopic (exact) mass is 180 g/mol. The summed E-state index contributed by atoms with van der Waals surface area (Å²) in [5.74, 6) is 1.12. The molecule has 0 bridgehead atoms. The van der Waals surface area contributed by atoms with Gasteiger partial charge in [0.15, 0.2) is 0 Å². The molecule has 1 fully saturated rings. The zero-order valence-electron chi connectivity index (χ0n) is 8.93. The molecule has 1 atom stereocenters. The van der Waals surface area contributed by atoms with E-state index in [1.807, 2.05) is 0 Å². The molecule has 1 aliphatic heterocycles. The van der Waals surface area contributed by atoms with Crippen molar-refractivity contribution in [3.05, 3.63) is 0 Å². The van der Waals surface area contributed by atoms with Gasteiger partial charge in [0.1, 0.15) is 0 Å². The van der Waals surface area contributed by atoms with Crippen LogP contribution in [0, 0.1) is 28.6 Å². The van der Waals surface area contributed by atoms with Gasteiger partial charge in [-0.2, -0.15) is 5.26 Å². The van der Waals surface area contributed by atoms with Gasteiger partial charge in [0.05, 0.1) is 11.5 Å². The zero-order valence-corrected chi connectivity index (χ0v) is 8.93. The molecule has 1 heterocycles. The molecular formula is C11H20N2. The molecule has 0 saturated carbocycles. The van der Waals surface area contributed by atoms with Crippen molar-refractivity contribution in [3.63, 3.8) is 0 Å². The van der Waals surface area contributed by atoms with Crippen LogP contribution >= 0.6 is 0 Å². The fraction of sp³-hybridized carbons (Fsp3) is 0.909. The molecule has 0 aliphatic carbocycles. The Kier molecular flexibility index (Phi) is 3.33. The standard InChI is InChI=1S/C11H20N2/c1-9(2)10(3)11(8-12)4-6-13-7-5-11/h9-10,13H,4-7H2,1-3H3. The number of hydrogen-bond donors (Lipinski definition) is 1. The van der Waals surface area contributed by atoms with Crippen LogP contribution in [0.15, 0.2) is 0 Å². The fourth-order valence-corrected chi connectivity index (χ4v) is 2.18. The van der Waals surface area contributed by atoms with E-state index in [-0.39, 0.29) is 5.41 Å². The van der Waals surface area contributed by atoms with Crippen LogP contribution in [0.4, 0.5) is 0 Å². The summed E-state index contributed by atoms with van der Waals surface area (Å²) in [5, 5.41) is 12.6. The quantitative estimate of drug-likeness (QED) is 0.707. The van der Waals surface area contributed by atoms with Crippen LogP contribution in [-0.2, 0) is 0 Å². The third-order valence-electron chi connectivity index (χ3n) is 3.59. The summed E-state index contributed by atoms with van der Waals surface area (Å²) in [6, 6.07) is 2.56. The Bertz CT molecular complexity index is 197. The first-order valence-corrected chi connectivity index (χ1v) is 5.24. The van der Waals surface area contributed by atoms with Crippen molar-refractivity contribution < 1.29 is 0 Å². The average Bonchev–Trinajstić information content (AvgIpc) is 2.17. The van der Waals surface area contributed by atoms with Crippen LogP contribution in [0.1, 0.15) is 33.6 Å². The lowest BCUT2D eigenvalue weighted by Gasteiger charge is -2.38. The average molecular weight is 180 g/mol. The summed E-state index contributed by atoms with van der Waals surface area (Å²) in [6.07, 6.45) is 2.03. The number of nitriles is 1. The topological polar surface area (TPSA) is 35.8 Å². The second kappa shape index (κ2) is 4.11. The van der Waals surface area contributed by atoms with E-state index < -0.39 is 0 Å². The van der Waals surface area contributed by atoms with Crippen molar-refractivity contribution in [1.29, 1.82) is 5.26 Å². The van der Waals surface area contributed by atoms with Crippen molar-refractivity contribution >= 4 is 0 Å². The van der Waals surface area contributed by atoms with Gasteiger partial charge in [0.25, 0.3) is 0 Å². The van der Waals surface area contributed by atoms with Crippen molar-refractivity contribution in [2.75, 3.05) is 13.1 Å². The Labute approximate surface area is 81.3 Å². The number of rotatable bonds is 2. The highest BCUT2D eigenvalue weighted by molar-refractivity contribution is 5.04. The third kappa shape index (κ3) is 2.03. The molecule has 0 aromatic carbocycles. The van der Waals surface area contributed by atoms with Crippen molar-refractivity contribution in [1.82, 2.24) is 5.32 Å². The first kappa shape index (κ1) is 10.5. The molecule has 0 spiro atoms. The van der Waals surface area contributed by atoms with Crippen molar-refractivity contribution in [3.8, 4) is 6.07 Å². The molecule has 1 N–H and O–H groups in total. The maximum absolute atomic E-state index is 9.28. The Morgan fingerprint density at radius 3 is 2.15 bits per heavy atom. The number of nitrogens with zero attached hydrogens (tertiary/aromatic N) is 1. The normalized spacial score (nSPS) is 23.9. The van der Waals surface area contributed by atoms with Gasteiger partial charge in [0, 0.05) is 0 Å². The molecule has 2 heteroatoms. The lowest BCUT2D eigenvalue weighted by Crippen LogP contribution is -2.41. The highest BCUT2D eigenvalue weighted by Crippen LogP contribution is 2.39. The SMILES string of the molecule is CC(C)C(C)C1(C#N)CCNCC1. The molecule has 74 valence electrons. The van der Waals surface area contributed by atoms with Gasteiger partial charge in [-0.15, -0.1) is 0 Å². The summed E-state index contributed by atoms with van der Waals surface area (Å²) in [6.45, 7) is 8.66. The molecular weight excluding hydrogens is 160 g/mol. The minimum absolute atomic E-state index is 0.0561. The second-order valence-electron chi connectivity index (χ2n) is 4.55. The van der Waals surface area contributed by atoms with Gasteiger partial charge in [-0.05, 0) is 37.8 Å².